The van der Waals surface area contributed by atoms with Crippen molar-refractivity contribution in [3.05, 3.63) is 11.1 Å². The van der Waals surface area contributed by atoms with E-state index in [1.807, 2.05) is 5.38 Å². The highest BCUT2D eigenvalue weighted by Crippen LogP contribution is 2.22. The molecule has 0 saturated carbocycles. The number of nitrogens with one attached hydrogen (secondary N) is 1. The Hall–Kier alpha value is -1.02. The Morgan fingerprint density at radius 3 is 2.74 bits per heavy atom. The lowest BCUT2D eigenvalue weighted by molar-refractivity contribution is -0.122. The van der Waals surface area contributed by atoms with Gasteiger partial charge in [0.2, 0.25) is 5.91 Å². The molecule has 2 saturated heterocycles. The third-order valence-electron chi connectivity index (χ3n) is 4.25. The zero-order valence-electron chi connectivity index (χ0n) is 13.8. The van der Waals surface area contributed by atoms with Gasteiger partial charge in [0.05, 0.1) is 17.9 Å². The zero-order valence-corrected chi connectivity index (χ0v) is 14.6. The molecule has 6 nitrogen and oxygen atoms in total. The number of nitrogens with zero attached hydrogens (tertiary/aromatic N) is 2. The molecule has 1 amide bonds. The van der Waals surface area contributed by atoms with Crippen LogP contribution in [0, 0.1) is 5.92 Å². The Labute approximate surface area is 141 Å². The molecule has 2 fully saturated rings. The minimum atomic E-state index is 0.0528. The molecular weight excluding hydrogens is 314 g/mol. The van der Waals surface area contributed by atoms with Gasteiger partial charge in [-0.15, -0.1) is 11.3 Å². The minimum Gasteiger partial charge on any atom is -0.381 e. The minimum absolute atomic E-state index is 0.0528. The van der Waals surface area contributed by atoms with Crippen LogP contribution in [0.5, 0.6) is 0 Å². The van der Waals surface area contributed by atoms with Crippen LogP contribution in [-0.4, -0.2) is 54.3 Å². The lowest BCUT2D eigenvalue weighted by atomic mass is 10.00. The molecule has 0 unspecified atom stereocenters. The number of rotatable bonds is 4. The Bertz CT molecular complexity index is 520. The molecule has 1 aromatic rings. The van der Waals surface area contributed by atoms with Crippen molar-refractivity contribution in [2.24, 2.45) is 5.92 Å². The first-order valence-corrected chi connectivity index (χ1v) is 9.19. The standard InChI is InChI=1S/C16H25N3O3S/c1-11-7-19(8-12(2)22-11)9-14-10-23-16(17-14)18-15(20)13-3-5-21-6-4-13/h10-13H,3-9H2,1-2H3,(H,17,18,20)/t11-,12-/m1/s1. The average Bonchev–Trinajstić information content (AvgIpc) is 2.94. The summed E-state index contributed by atoms with van der Waals surface area (Å²) in [5.74, 6) is 0.125. The number of morpholine rings is 1. The number of thiazole rings is 1. The summed E-state index contributed by atoms with van der Waals surface area (Å²) in [6.45, 7) is 8.20. The highest BCUT2D eigenvalue weighted by atomic mass is 32.1. The van der Waals surface area contributed by atoms with Crippen molar-refractivity contribution in [1.82, 2.24) is 9.88 Å². The van der Waals surface area contributed by atoms with Gasteiger partial charge in [0, 0.05) is 44.1 Å². The van der Waals surface area contributed by atoms with Crippen LogP contribution >= 0.6 is 11.3 Å². The van der Waals surface area contributed by atoms with E-state index < -0.39 is 0 Å². The van der Waals surface area contributed by atoms with Gasteiger partial charge >= 0.3 is 0 Å². The monoisotopic (exact) mass is 339 g/mol. The first-order valence-electron chi connectivity index (χ1n) is 8.31. The van der Waals surface area contributed by atoms with Gasteiger partial charge in [0.15, 0.2) is 5.13 Å². The molecule has 2 aliphatic rings. The van der Waals surface area contributed by atoms with Crippen molar-refractivity contribution in [3.63, 3.8) is 0 Å². The van der Waals surface area contributed by atoms with E-state index in [9.17, 15) is 4.79 Å². The van der Waals surface area contributed by atoms with E-state index in [1.54, 1.807) is 0 Å². The summed E-state index contributed by atoms with van der Waals surface area (Å²) in [5.41, 5.74) is 1.01. The molecule has 2 aliphatic heterocycles. The summed E-state index contributed by atoms with van der Waals surface area (Å²) in [4.78, 5) is 19.1. The van der Waals surface area contributed by atoms with Crippen molar-refractivity contribution >= 4 is 22.4 Å². The van der Waals surface area contributed by atoms with E-state index in [0.29, 0.717) is 18.3 Å². The number of anilines is 1. The molecule has 0 radical (unpaired) electrons. The molecule has 23 heavy (non-hydrogen) atoms. The van der Waals surface area contributed by atoms with Crippen molar-refractivity contribution in [1.29, 1.82) is 0 Å². The lowest BCUT2D eigenvalue weighted by Crippen LogP contribution is -2.44. The largest absolute Gasteiger partial charge is 0.381 e. The Kier molecular flexibility index (Phi) is 5.63. The molecule has 0 spiro atoms. The third-order valence-corrected chi connectivity index (χ3v) is 5.06. The van der Waals surface area contributed by atoms with E-state index in [1.165, 1.54) is 11.3 Å². The van der Waals surface area contributed by atoms with Crippen LogP contribution in [0.25, 0.3) is 0 Å². The van der Waals surface area contributed by atoms with Crippen LogP contribution in [0.2, 0.25) is 0 Å². The number of carbonyl (C=O) groups excluding carboxylic acids is 1. The number of aromatic nitrogens is 1. The van der Waals surface area contributed by atoms with Crippen molar-refractivity contribution < 1.29 is 14.3 Å². The summed E-state index contributed by atoms with van der Waals surface area (Å²) in [7, 11) is 0. The van der Waals surface area contributed by atoms with Gasteiger partial charge < -0.3 is 14.8 Å². The molecule has 1 aromatic heterocycles. The van der Waals surface area contributed by atoms with Crippen LogP contribution in [0.1, 0.15) is 32.4 Å². The Morgan fingerprint density at radius 2 is 2.04 bits per heavy atom. The normalized spacial score (nSPS) is 27.0. The van der Waals surface area contributed by atoms with Gasteiger partial charge in [0.25, 0.3) is 0 Å². The SMILES string of the molecule is C[C@@H]1CN(Cc2csc(NC(=O)C3CCOCC3)n2)C[C@@H](C)O1. The van der Waals surface area contributed by atoms with Crippen LogP contribution < -0.4 is 5.32 Å². The topological polar surface area (TPSA) is 63.7 Å². The first-order chi connectivity index (χ1) is 11.1. The fourth-order valence-corrected chi connectivity index (χ4v) is 3.95. The van der Waals surface area contributed by atoms with E-state index in [0.717, 1.165) is 38.2 Å². The summed E-state index contributed by atoms with van der Waals surface area (Å²) in [6.07, 6.45) is 2.11. The first kappa shape index (κ1) is 16.8. The van der Waals surface area contributed by atoms with E-state index >= 15 is 0 Å². The van der Waals surface area contributed by atoms with E-state index in [2.05, 4.69) is 29.0 Å². The molecule has 0 aliphatic carbocycles. The summed E-state index contributed by atoms with van der Waals surface area (Å²) < 4.78 is 11.0. The van der Waals surface area contributed by atoms with E-state index in [-0.39, 0.29) is 24.0 Å². The molecule has 1 N–H and O–H groups in total. The summed E-state index contributed by atoms with van der Waals surface area (Å²) in [5, 5.41) is 5.69. The number of carbonyl (C=O) groups is 1. The third kappa shape index (κ3) is 4.73. The summed E-state index contributed by atoms with van der Waals surface area (Å²) >= 11 is 1.50. The molecular formula is C16H25N3O3S. The quantitative estimate of drug-likeness (QED) is 0.910. The zero-order chi connectivity index (χ0) is 16.2. The second kappa shape index (κ2) is 7.70. The summed E-state index contributed by atoms with van der Waals surface area (Å²) in [6, 6.07) is 0. The maximum Gasteiger partial charge on any atom is 0.229 e. The van der Waals surface area contributed by atoms with Gasteiger partial charge in [-0.3, -0.25) is 9.69 Å². The number of ether oxygens (including phenoxy) is 2. The van der Waals surface area contributed by atoms with Crippen molar-refractivity contribution in [2.75, 3.05) is 31.6 Å². The van der Waals surface area contributed by atoms with Gasteiger partial charge in [-0.1, -0.05) is 0 Å². The van der Waals surface area contributed by atoms with Crippen molar-refractivity contribution in [2.45, 2.75) is 45.4 Å². The van der Waals surface area contributed by atoms with Crippen LogP contribution in [-0.2, 0) is 20.8 Å². The van der Waals surface area contributed by atoms with Crippen LogP contribution in [0.15, 0.2) is 5.38 Å². The highest BCUT2D eigenvalue weighted by Gasteiger charge is 2.24. The smallest absolute Gasteiger partial charge is 0.229 e. The Morgan fingerprint density at radius 1 is 1.35 bits per heavy atom. The van der Waals surface area contributed by atoms with Gasteiger partial charge in [0.1, 0.15) is 0 Å². The van der Waals surface area contributed by atoms with E-state index in [4.69, 9.17) is 9.47 Å². The fraction of sp³-hybridized carbons (Fsp3) is 0.750. The molecule has 128 valence electrons. The maximum absolute atomic E-state index is 12.2. The molecule has 7 heteroatoms. The van der Waals surface area contributed by atoms with Crippen LogP contribution in [0.4, 0.5) is 5.13 Å². The molecule has 0 aromatic carbocycles. The fourth-order valence-electron chi connectivity index (χ4n) is 3.25. The number of hydrogen-bond acceptors (Lipinski definition) is 6. The van der Waals surface area contributed by atoms with Gasteiger partial charge in [-0.05, 0) is 26.7 Å². The number of amides is 1. The molecule has 3 rings (SSSR count). The highest BCUT2D eigenvalue weighted by molar-refractivity contribution is 7.13. The van der Waals surface area contributed by atoms with Crippen LogP contribution in [0.3, 0.4) is 0 Å². The van der Waals surface area contributed by atoms with Crippen molar-refractivity contribution in [3.8, 4) is 0 Å². The second-order valence-electron chi connectivity index (χ2n) is 6.47. The molecule has 0 bridgehead atoms. The predicted octanol–water partition coefficient (Wildman–Crippen LogP) is 2.12. The maximum atomic E-state index is 12.2. The Balaban J connectivity index is 1.52. The van der Waals surface area contributed by atoms with Gasteiger partial charge in [-0.2, -0.15) is 0 Å². The average molecular weight is 339 g/mol. The number of hydrogen-bond donors (Lipinski definition) is 1. The van der Waals surface area contributed by atoms with Gasteiger partial charge in [-0.25, -0.2) is 4.98 Å². The predicted molar refractivity (Wildman–Crippen MR) is 89.6 cm³/mol. The molecule has 3 heterocycles. The molecule has 2 atom stereocenters. The lowest BCUT2D eigenvalue weighted by Gasteiger charge is -2.34. The second-order valence-corrected chi connectivity index (χ2v) is 7.33.